The topological polar surface area (TPSA) is 115 Å². The second-order valence-corrected chi connectivity index (χ2v) is 5.44. The van der Waals surface area contributed by atoms with Crippen molar-refractivity contribution in [2.45, 2.75) is 18.9 Å². The zero-order chi connectivity index (χ0) is 16.1. The molecule has 0 aliphatic carbocycles. The number of rotatable bonds is 6. The molecule has 24 heavy (non-hydrogen) atoms. The molecule has 1 aliphatic heterocycles. The van der Waals surface area contributed by atoms with Crippen molar-refractivity contribution in [2.75, 3.05) is 31.6 Å². The number of halogens is 1. The second-order valence-electron chi connectivity index (χ2n) is 5.44. The molecule has 1 saturated heterocycles. The van der Waals surface area contributed by atoms with Gasteiger partial charge in [-0.15, -0.1) is 24.0 Å². The monoisotopic (exact) mass is 446 g/mol. The number of hydrogen-bond acceptors (Lipinski definition) is 6. The van der Waals surface area contributed by atoms with Gasteiger partial charge in [0.25, 0.3) is 0 Å². The predicted molar refractivity (Wildman–Crippen MR) is 104 cm³/mol. The molecule has 2 aromatic rings. The summed E-state index contributed by atoms with van der Waals surface area (Å²) in [5.74, 6) is 1.20. The number of aryl methyl sites for hydroxylation is 1. The Morgan fingerprint density at radius 1 is 1.46 bits per heavy atom. The molecule has 0 bridgehead atoms. The number of nitrogens with two attached hydrogens (primary N) is 1. The highest BCUT2D eigenvalue weighted by atomic mass is 127. The van der Waals surface area contributed by atoms with E-state index in [-0.39, 0.29) is 30.1 Å². The van der Waals surface area contributed by atoms with Gasteiger partial charge in [-0.2, -0.15) is 5.10 Å². The van der Waals surface area contributed by atoms with Crippen LogP contribution in [0.4, 0.5) is 5.82 Å². The van der Waals surface area contributed by atoms with Gasteiger partial charge in [-0.1, -0.05) is 0 Å². The number of nitrogens with zero attached hydrogens (tertiary/aromatic N) is 5. The lowest BCUT2D eigenvalue weighted by atomic mass is 10.2. The van der Waals surface area contributed by atoms with Gasteiger partial charge in [0.1, 0.15) is 12.1 Å². The maximum Gasteiger partial charge on any atom is 0.188 e. The van der Waals surface area contributed by atoms with Crippen molar-refractivity contribution in [2.24, 2.45) is 17.8 Å². The van der Waals surface area contributed by atoms with E-state index in [9.17, 15) is 0 Å². The summed E-state index contributed by atoms with van der Waals surface area (Å²) >= 11 is 0. The van der Waals surface area contributed by atoms with Crippen molar-refractivity contribution < 1.29 is 4.74 Å². The minimum atomic E-state index is 0. The number of nitrogens with one attached hydrogen (secondary N) is 2. The van der Waals surface area contributed by atoms with E-state index in [2.05, 4.69) is 30.7 Å². The number of hydrogen-bond donors (Lipinski definition) is 3. The highest BCUT2D eigenvalue weighted by Gasteiger charge is 2.14. The van der Waals surface area contributed by atoms with Crippen LogP contribution in [0.3, 0.4) is 0 Å². The fourth-order valence-corrected chi connectivity index (χ4v) is 2.52. The van der Waals surface area contributed by atoms with Crippen molar-refractivity contribution in [1.29, 1.82) is 0 Å². The van der Waals surface area contributed by atoms with E-state index in [1.54, 1.807) is 10.9 Å². The van der Waals surface area contributed by atoms with E-state index < -0.39 is 0 Å². The van der Waals surface area contributed by atoms with Gasteiger partial charge in [-0.25, -0.2) is 9.97 Å². The Balaban J connectivity index is 0.00000208. The Bertz CT molecular complexity index is 682. The lowest BCUT2D eigenvalue weighted by Crippen LogP contribution is -2.35. The smallest absolute Gasteiger partial charge is 0.188 e. The molecule has 0 spiro atoms. The number of guanidine groups is 1. The first-order valence-corrected chi connectivity index (χ1v) is 7.76. The lowest BCUT2D eigenvalue weighted by molar-refractivity contribution is 0.118. The molecule has 1 unspecified atom stereocenters. The third-order valence-electron chi connectivity index (χ3n) is 3.74. The molecule has 1 fully saturated rings. The van der Waals surface area contributed by atoms with Crippen molar-refractivity contribution in [3.8, 4) is 0 Å². The van der Waals surface area contributed by atoms with Crippen molar-refractivity contribution >= 4 is 46.8 Å². The van der Waals surface area contributed by atoms with Gasteiger partial charge in [-0.05, 0) is 12.8 Å². The molecule has 0 amide bonds. The van der Waals surface area contributed by atoms with Gasteiger partial charge in [0, 0.05) is 26.7 Å². The Morgan fingerprint density at radius 3 is 3.12 bits per heavy atom. The molecule has 3 heterocycles. The molecule has 9 nitrogen and oxygen atoms in total. The van der Waals surface area contributed by atoms with E-state index in [0.29, 0.717) is 25.6 Å². The largest absolute Gasteiger partial charge is 0.376 e. The van der Waals surface area contributed by atoms with Gasteiger partial charge >= 0.3 is 0 Å². The van der Waals surface area contributed by atoms with Gasteiger partial charge in [0.2, 0.25) is 0 Å². The van der Waals surface area contributed by atoms with E-state index >= 15 is 0 Å². The van der Waals surface area contributed by atoms with Gasteiger partial charge in [-0.3, -0.25) is 9.67 Å². The highest BCUT2D eigenvalue weighted by Crippen LogP contribution is 2.17. The van der Waals surface area contributed by atoms with Crippen LogP contribution < -0.4 is 16.4 Å². The van der Waals surface area contributed by atoms with Crippen LogP contribution in [0, 0.1) is 0 Å². The molecule has 0 saturated carbocycles. The third-order valence-corrected chi connectivity index (χ3v) is 3.74. The minimum Gasteiger partial charge on any atom is -0.376 e. The summed E-state index contributed by atoms with van der Waals surface area (Å²) in [6.45, 7) is 2.76. The Hall–Kier alpha value is -1.69. The SMILES string of the molecule is Cn1ncc2c(NCCNC(N)=NCC3CCCO3)ncnc21.I. The molecule has 1 aliphatic rings. The normalized spacial score (nSPS) is 17.7. The van der Waals surface area contributed by atoms with Crippen LogP contribution in [-0.2, 0) is 11.8 Å². The zero-order valence-corrected chi connectivity index (χ0v) is 15.9. The molecule has 3 rings (SSSR count). The molecular weight excluding hydrogens is 423 g/mol. The summed E-state index contributed by atoms with van der Waals surface area (Å²) < 4.78 is 7.22. The summed E-state index contributed by atoms with van der Waals surface area (Å²) in [5, 5.41) is 11.4. The van der Waals surface area contributed by atoms with E-state index in [1.165, 1.54) is 6.33 Å². The average Bonchev–Trinajstić information content (AvgIpc) is 3.20. The number of anilines is 1. The Morgan fingerprint density at radius 2 is 2.33 bits per heavy atom. The fraction of sp³-hybridized carbons (Fsp3) is 0.571. The molecule has 0 aromatic carbocycles. The van der Waals surface area contributed by atoms with Crippen LogP contribution >= 0.6 is 24.0 Å². The van der Waals surface area contributed by atoms with Crippen molar-refractivity contribution in [1.82, 2.24) is 25.1 Å². The predicted octanol–water partition coefficient (Wildman–Crippen LogP) is 0.477. The zero-order valence-electron chi connectivity index (χ0n) is 13.6. The quantitative estimate of drug-likeness (QED) is 0.256. The van der Waals surface area contributed by atoms with Crippen LogP contribution in [0.25, 0.3) is 11.0 Å². The highest BCUT2D eigenvalue weighted by molar-refractivity contribution is 14.0. The first kappa shape index (κ1) is 18.6. The molecule has 132 valence electrons. The maximum absolute atomic E-state index is 5.84. The summed E-state index contributed by atoms with van der Waals surface area (Å²) in [6, 6.07) is 0. The molecule has 1 atom stereocenters. The molecular formula is C14H23IN8O. The van der Waals surface area contributed by atoms with Crippen LogP contribution in [0.15, 0.2) is 17.5 Å². The van der Waals surface area contributed by atoms with Gasteiger partial charge in [0.05, 0.1) is 24.2 Å². The molecule has 2 aromatic heterocycles. The van der Waals surface area contributed by atoms with E-state index in [1.807, 2.05) is 7.05 Å². The Kier molecular flexibility index (Phi) is 6.97. The van der Waals surface area contributed by atoms with Crippen LogP contribution in [0.2, 0.25) is 0 Å². The standard InChI is InChI=1S/C14H22N8O.HI/c1-22-13-11(8-21-22)12(19-9-20-13)16-4-5-17-14(15)18-7-10-3-2-6-23-10;/h8-10H,2-7H2,1H3,(H3,15,17,18)(H,16,19,20);1H. The van der Waals surface area contributed by atoms with Crippen molar-refractivity contribution in [3.05, 3.63) is 12.5 Å². The van der Waals surface area contributed by atoms with Gasteiger partial charge in [0.15, 0.2) is 11.6 Å². The fourth-order valence-electron chi connectivity index (χ4n) is 2.52. The summed E-state index contributed by atoms with van der Waals surface area (Å²) in [6.07, 6.45) is 5.67. The van der Waals surface area contributed by atoms with Crippen molar-refractivity contribution in [3.63, 3.8) is 0 Å². The number of aromatic nitrogens is 4. The Labute approximate surface area is 157 Å². The van der Waals surface area contributed by atoms with Crippen LogP contribution in [0.5, 0.6) is 0 Å². The minimum absolute atomic E-state index is 0. The van der Waals surface area contributed by atoms with E-state index in [4.69, 9.17) is 10.5 Å². The molecule has 10 heteroatoms. The van der Waals surface area contributed by atoms with E-state index in [0.717, 1.165) is 36.3 Å². The summed E-state index contributed by atoms with van der Waals surface area (Å²) in [7, 11) is 1.85. The molecule has 0 radical (unpaired) electrons. The number of ether oxygens (including phenoxy) is 1. The maximum atomic E-state index is 5.84. The average molecular weight is 446 g/mol. The number of aliphatic imine (C=N–C) groups is 1. The van der Waals surface area contributed by atoms with Crippen LogP contribution in [-0.4, -0.2) is 58.1 Å². The lowest BCUT2D eigenvalue weighted by Gasteiger charge is -2.09. The third kappa shape index (κ3) is 4.66. The number of fused-ring (bicyclic) bond motifs is 1. The summed E-state index contributed by atoms with van der Waals surface area (Å²) in [5.41, 5.74) is 6.64. The summed E-state index contributed by atoms with van der Waals surface area (Å²) in [4.78, 5) is 12.7. The van der Waals surface area contributed by atoms with Gasteiger partial charge < -0.3 is 21.1 Å². The first-order chi connectivity index (χ1) is 11.2. The second kappa shape index (κ2) is 8.97. The molecule has 4 N–H and O–H groups in total. The first-order valence-electron chi connectivity index (χ1n) is 7.76. The van der Waals surface area contributed by atoms with Crippen LogP contribution in [0.1, 0.15) is 12.8 Å².